The summed E-state index contributed by atoms with van der Waals surface area (Å²) in [6.07, 6.45) is 9.74. The predicted octanol–water partition coefficient (Wildman–Crippen LogP) is 2.53. The smallest absolute Gasteiger partial charge is 0.232 e. The Kier molecular flexibility index (Phi) is 2.47. The highest BCUT2D eigenvalue weighted by Gasteiger charge is 2.48. The first kappa shape index (κ1) is 11.0. The monoisotopic (exact) mass is 247 g/mol. The topological polar surface area (TPSA) is 64.9 Å². The third-order valence-electron chi connectivity index (χ3n) is 5.64. The van der Waals surface area contributed by atoms with Gasteiger partial charge in [-0.2, -0.15) is 0 Å². The van der Waals surface area contributed by atoms with E-state index >= 15 is 0 Å². The number of hydrogen-bond donors (Lipinski definition) is 1. The van der Waals surface area contributed by atoms with Crippen molar-refractivity contribution in [3.05, 3.63) is 12.3 Å². The van der Waals surface area contributed by atoms with Crippen molar-refractivity contribution in [2.45, 2.75) is 44.6 Å². The van der Waals surface area contributed by atoms with Gasteiger partial charge in [0.05, 0.1) is 6.04 Å². The first-order valence-corrected chi connectivity index (χ1v) is 7.31. The molecule has 4 bridgehead atoms. The van der Waals surface area contributed by atoms with Gasteiger partial charge < -0.3 is 10.2 Å². The van der Waals surface area contributed by atoms with Crippen molar-refractivity contribution in [1.82, 2.24) is 10.2 Å². The number of aromatic nitrogens is 2. The summed E-state index contributed by atoms with van der Waals surface area (Å²) in [7, 11) is 0. The maximum absolute atomic E-state index is 6.22. The molecule has 4 nitrogen and oxygen atoms in total. The molecule has 0 saturated heterocycles. The van der Waals surface area contributed by atoms with Crippen molar-refractivity contribution < 1.29 is 4.42 Å². The van der Waals surface area contributed by atoms with Gasteiger partial charge in [-0.25, -0.2) is 0 Å². The van der Waals surface area contributed by atoms with Gasteiger partial charge in [-0.1, -0.05) is 0 Å². The van der Waals surface area contributed by atoms with E-state index in [1.807, 2.05) is 0 Å². The molecule has 98 valence electrons. The highest BCUT2D eigenvalue weighted by Crippen LogP contribution is 2.57. The van der Waals surface area contributed by atoms with Crippen LogP contribution in [-0.4, -0.2) is 10.2 Å². The van der Waals surface area contributed by atoms with Gasteiger partial charge in [-0.15, -0.1) is 10.2 Å². The third-order valence-corrected chi connectivity index (χ3v) is 5.64. The van der Waals surface area contributed by atoms with Gasteiger partial charge in [-0.05, 0) is 68.1 Å². The molecule has 0 aromatic carbocycles. The minimum atomic E-state index is -0.0602. The lowest BCUT2D eigenvalue weighted by molar-refractivity contribution is -0.0428. The van der Waals surface area contributed by atoms with Gasteiger partial charge in [0.1, 0.15) is 0 Å². The highest BCUT2D eigenvalue weighted by atomic mass is 16.4. The molecule has 0 spiro atoms. The first-order chi connectivity index (χ1) is 8.79. The van der Waals surface area contributed by atoms with E-state index in [0.29, 0.717) is 5.89 Å². The Morgan fingerprint density at radius 2 is 1.83 bits per heavy atom. The van der Waals surface area contributed by atoms with E-state index in [1.165, 1.54) is 38.5 Å². The van der Waals surface area contributed by atoms with Crippen molar-refractivity contribution >= 4 is 0 Å². The van der Waals surface area contributed by atoms with E-state index in [0.717, 1.165) is 36.0 Å². The zero-order chi connectivity index (χ0) is 12.1. The van der Waals surface area contributed by atoms with Crippen LogP contribution in [0.3, 0.4) is 0 Å². The molecule has 0 radical (unpaired) electrons. The molecule has 0 amide bonds. The predicted molar refractivity (Wildman–Crippen MR) is 66.4 cm³/mol. The lowest BCUT2D eigenvalue weighted by Gasteiger charge is -2.55. The average molecular weight is 247 g/mol. The third kappa shape index (κ3) is 1.69. The molecule has 4 aliphatic carbocycles. The Hall–Kier alpha value is -0.900. The van der Waals surface area contributed by atoms with Crippen LogP contribution in [0.5, 0.6) is 0 Å². The van der Waals surface area contributed by atoms with E-state index < -0.39 is 0 Å². The van der Waals surface area contributed by atoms with Crippen LogP contribution in [-0.2, 0) is 0 Å². The normalized spacial score (nSPS) is 43.3. The standard InChI is InChI=1S/C14H21N3O/c15-13(14-17-16-7-18-14)6-12-10-2-8-1-9(4-10)5-11(12)3-8/h7-13H,1-6,15H2. The molecule has 4 heteroatoms. The fraction of sp³-hybridized carbons (Fsp3) is 0.857. The molecule has 1 atom stereocenters. The lowest BCUT2D eigenvalue weighted by atomic mass is 9.51. The second-order valence-electron chi connectivity index (χ2n) is 6.71. The summed E-state index contributed by atoms with van der Waals surface area (Å²) >= 11 is 0. The number of nitrogens with zero attached hydrogens (tertiary/aromatic N) is 2. The molecule has 2 N–H and O–H groups in total. The van der Waals surface area contributed by atoms with Gasteiger partial charge in [0, 0.05) is 0 Å². The summed E-state index contributed by atoms with van der Waals surface area (Å²) in [5, 5.41) is 7.69. The van der Waals surface area contributed by atoms with Crippen LogP contribution in [0.1, 0.15) is 50.5 Å². The van der Waals surface area contributed by atoms with Gasteiger partial charge in [0.25, 0.3) is 0 Å². The minimum absolute atomic E-state index is 0.0602. The average Bonchev–Trinajstić information content (AvgIpc) is 2.86. The number of rotatable bonds is 3. The van der Waals surface area contributed by atoms with E-state index in [-0.39, 0.29) is 6.04 Å². The summed E-state index contributed by atoms with van der Waals surface area (Å²) in [5.74, 6) is 5.33. The second-order valence-corrected chi connectivity index (χ2v) is 6.71. The molecule has 4 saturated carbocycles. The number of nitrogens with two attached hydrogens (primary N) is 1. The quantitative estimate of drug-likeness (QED) is 0.891. The minimum Gasteiger partial charge on any atom is -0.426 e. The summed E-state index contributed by atoms with van der Waals surface area (Å²) in [6.45, 7) is 0. The maximum Gasteiger partial charge on any atom is 0.232 e. The van der Waals surface area contributed by atoms with Crippen molar-refractivity contribution in [3.63, 3.8) is 0 Å². The van der Waals surface area contributed by atoms with E-state index in [2.05, 4.69) is 10.2 Å². The first-order valence-electron chi connectivity index (χ1n) is 7.31. The molecule has 5 rings (SSSR count). The zero-order valence-corrected chi connectivity index (χ0v) is 10.7. The summed E-state index contributed by atoms with van der Waals surface area (Å²) in [6, 6.07) is -0.0602. The van der Waals surface area contributed by atoms with Crippen molar-refractivity contribution in [1.29, 1.82) is 0 Å². The van der Waals surface area contributed by atoms with Crippen LogP contribution in [0.15, 0.2) is 10.8 Å². The molecule has 0 aliphatic heterocycles. The SMILES string of the molecule is NC(CC1C2CC3CC(C2)CC1C3)c1nnco1. The van der Waals surface area contributed by atoms with E-state index in [9.17, 15) is 0 Å². The maximum atomic E-state index is 6.22. The summed E-state index contributed by atoms with van der Waals surface area (Å²) in [4.78, 5) is 0. The van der Waals surface area contributed by atoms with Crippen LogP contribution in [0.4, 0.5) is 0 Å². The summed E-state index contributed by atoms with van der Waals surface area (Å²) in [5.41, 5.74) is 6.22. The molecular weight excluding hydrogens is 226 g/mol. The molecule has 1 heterocycles. The van der Waals surface area contributed by atoms with Gasteiger partial charge in [0.15, 0.2) is 0 Å². The van der Waals surface area contributed by atoms with Gasteiger partial charge in [0.2, 0.25) is 12.3 Å². The van der Waals surface area contributed by atoms with Crippen LogP contribution < -0.4 is 5.73 Å². The Balaban J connectivity index is 1.49. The lowest BCUT2D eigenvalue weighted by Crippen LogP contribution is -2.45. The molecule has 18 heavy (non-hydrogen) atoms. The molecule has 4 fully saturated rings. The van der Waals surface area contributed by atoms with Crippen LogP contribution >= 0.6 is 0 Å². The van der Waals surface area contributed by atoms with Crippen molar-refractivity contribution in [2.24, 2.45) is 35.3 Å². The van der Waals surface area contributed by atoms with Crippen molar-refractivity contribution in [2.75, 3.05) is 0 Å². The number of hydrogen-bond acceptors (Lipinski definition) is 4. The van der Waals surface area contributed by atoms with Gasteiger partial charge >= 0.3 is 0 Å². The van der Waals surface area contributed by atoms with Crippen LogP contribution in [0.25, 0.3) is 0 Å². The molecular formula is C14H21N3O. The highest BCUT2D eigenvalue weighted by molar-refractivity contribution is 5.00. The fourth-order valence-electron chi connectivity index (χ4n) is 5.16. The molecule has 1 aromatic rings. The van der Waals surface area contributed by atoms with Crippen molar-refractivity contribution in [3.8, 4) is 0 Å². The molecule has 1 aromatic heterocycles. The van der Waals surface area contributed by atoms with Crippen LogP contribution in [0.2, 0.25) is 0 Å². The molecule has 1 unspecified atom stereocenters. The fourth-order valence-corrected chi connectivity index (χ4v) is 5.16. The molecule has 4 aliphatic rings. The Morgan fingerprint density at radius 3 is 2.39 bits per heavy atom. The van der Waals surface area contributed by atoms with E-state index in [4.69, 9.17) is 10.2 Å². The Morgan fingerprint density at radius 1 is 1.17 bits per heavy atom. The Labute approximate surface area is 107 Å². The largest absolute Gasteiger partial charge is 0.426 e. The van der Waals surface area contributed by atoms with E-state index in [1.54, 1.807) is 0 Å². The zero-order valence-electron chi connectivity index (χ0n) is 10.7. The van der Waals surface area contributed by atoms with Gasteiger partial charge in [-0.3, -0.25) is 0 Å². The summed E-state index contributed by atoms with van der Waals surface area (Å²) < 4.78 is 5.24. The second kappa shape index (κ2) is 4.05. The van der Waals surface area contributed by atoms with Crippen LogP contribution in [0, 0.1) is 29.6 Å². The Bertz CT molecular complexity index is 389.